The van der Waals surface area contributed by atoms with Crippen molar-refractivity contribution in [3.63, 3.8) is 0 Å². The molecule has 2 aliphatic rings. The lowest BCUT2D eigenvalue weighted by Crippen LogP contribution is -2.61. The smallest absolute Gasteiger partial charge is 0.303 e. The van der Waals surface area contributed by atoms with Gasteiger partial charge in [0.15, 0.2) is 28.9 Å². The predicted molar refractivity (Wildman–Crippen MR) is 166 cm³/mol. The Kier molecular flexibility index (Phi) is 9.87. The van der Waals surface area contributed by atoms with Crippen LogP contribution in [0, 0.1) is 0 Å². The molecule has 1 aromatic heterocycles. The molecule has 0 spiro atoms. The second kappa shape index (κ2) is 14.0. The molecule has 0 bridgehead atoms. The molecule has 2 aromatic carbocycles. The monoisotopic (exact) mass is 649 g/mol. The molecule has 46 heavy (non-hydrogen) atoms. The first-order valence-electron chi connectivity index (χ1n) is 14.2. The van der Waals surface area contributed by atoms with Gasteiger partial charge in [-0.3, -0.25) is 28.7 Å². The fourth-order valence-electron chi connectivity index (χ4n) is 5.08. The Morgan fingerprint density at radius 1 is 0.870 bits per heavy atom. The summed E-state index contributed by atoms with van der Waals surface area (Å²) in [6, 6.07) is 16.5. The van der Waals surface area contributed by atoms with E-state index in [4.69, 9.17) is 28.7 Å². The first-order valence-corrected chi connectivity index (χ1v) is 15.1. The summed E-state index contributed by atoms with van der Waals surface area (Å²) in [4.78, 5) is 57.5. The minimum Gasteiger partial charge on any atom is -0.493 e. The summed E-state index contributed by atoms with van der Waals surface area (Å²) in [5.41, 5.74) is 2.00. The van der Waals surface area contributed by atoms with Crippen molar-refractivity contribution in [2.24, 2.45) is 4.99 Å². The molecule has 240 valence electrons. The van der Waals surface area contributed by atoms with Crippen LogP contribution in [0.5, 0.6) is 5.88 Å². The number of carbonyl (C=O) groups is 4. The summed E-state index contributed by atoms with van der Waals surface area (Å²) < 4.78 is 29.6. The van der Waals surface area contributed by atoms with Crippen molar-refractivity contribution < 1.29 is 48.0 Å². The SMILES string of the molecule is CC(=O)OCC1OC(Sc2nc(/C=C3\C=Nc4ccccc43)c(O)n2-c2ccccc2)C(OC(C)=O)C(OC(C)=O)C1OC(C)=O. The lowest BCUT2D eigenvalue weighted by molar-refractivity contribution is -0.237. The molecule has 0 radical (unpaired) electrons. The van der Waals surface area contributed by atoms with E-state index in [1.54, 1.807) is 36.6 Å². The van der Waals surface area contributed by atoms with E-state index in [0.717, 1.165) is 42.4 Å². The summed E-state index contributed by atoms with van der Waals surface area (Å²) in [6.45, 7) is 4.30. The van der Waals surface area contributed by atoms with Gasteiger partial charge in [0.2, 0.25) is 5.88 Å². The second-order valence-corrected chi connectivity index (χ2v) is 11.4. The third kappa shape index (κ3) is 7.29. The molecule has 5 unspecified atom stereocenters. The zero-order chi connectivity index (χ0) is 33.0. The molecular weight excluding hydrogens is 618 g/mol. The normalized spacial score (nSPS) is 22.6. The van der Waals surface area contributed by atoms with Crippen LogP contribution < -0.4 is 0 Å². The van der Waals surface area contributed by atoms with E-state index in [1.165, 1.54) is 18.4 Å². The van der Waals surface area contributed by atoms with E-state index >= 15 is 0 Å². The van der Waals surface area contributed by atoms with Crippen LogP contribution in [0.25, 0.3) is 17.3 Å². The van der Waals surface area contributed by atoms with Gasteiger partial charge in [0, 0.05) is 45.0 Å². The molecule has 3 heterocycles. The summed E-state index contributed by atoms with van der Waals surface area (Å²) >= 11 is 0.962. The van der Waals surface area contributed by atoms with Gasteiger partial charge in [-0.2, -0.15) is 0 Å². The number of nitrogens with zero attached hydrogens (tertiary/aromatic N) is 3. The molecule has 0 amide bonds. The van der Waals surface area contributed by atoms with Gasteiger partial charge in [-0.1, -0.05) is 48.2 Å². The number of fused-ring (bicyclic) bond motifs is 1. The number of thioether (sulfide) groups is 1. The van der Waals surface area contributed by atoms with Crippen molar-refractivity contribution in [2.45, 2.75) is 62.7 Å². The Morgan fingerprint density at radius 2 is 1.50 bits per heavy atom. The number of benzene rings is 2. The van der Waals surface area contributed by atoms with Crippen molar-refractivity contribution in [1.29, 1.82) is 0 Å². The van der Waals surface area contributed by atoms with E-state index in [9.17, 15) is 24.3 Å². The average molecular weight is 650 g/mol. The van der Waals surface area contributed by atoms with Crippen LogP contribution in [0.3, 0.4) is 0 Å². The molecule has 1 N–H and O–H groups in total. The number of esters is 4. The number of para-hydroxylation sites is 2. The standard InChI is InChI=1S/C32H31N3O10S/c1-17(36)41-16-26-27(42-18(2)37)28(43-19(3)38)29(44-20(4)39)31(45-26)46-32-34-25(30(40)35(32)22-10-6-5-7-11-22)14-21-15-33-24-13-9-8-12-23(21)24/h5-15,26-29,31,40H,16H2,1-4H3/b21-14+. The van der Waals surface area contributed by atoms with E-state index in [2.05, 4.69) is 4.99 Å². The zero-order valence-electron chi connectivity index (χ0n) is 25.3. The van der Waals surface area contributed by atoms with Gasteiger partial charge in [0.1, 0.15) is 18.4 Å². The highest BCUT2D eigenvalue weighted by molar-refractivity contribution is 7.99. The number of aliphatic imine (C=N–C) groups is 1. The Labute approximate surface area is 268 Å². The van der Waals surface area contributed by atoms with Crippen LogP contribution >= 0.6 is 11.8 Å². The Hall–Kier alpha value is -4.95. The van der Waals surface area contributed by atoms with Crippen LogP contribution in [0.4, 0.5) is 5.69 Å². The van der Waals surface area contributed by atoms with Gasteiger partial charge < -0.3 is 28.8 Å². The van der Waals surface area contributed by atoms with Crippen molar-refractivity contribution in [1.82, 2.24) is 9.55 Å². The number of rotatable bonds is 9. The van der Waals surface area contributed by atoms with E-state index in [0.29, 0.717) is 5.69 Å². The lowest BCUT2D eigenvalue weighted by atomic mass is 9.99. The minimum absolute atomic E-state index is 0.190. The van der Waals surface area contributed by atoms with Crippen LogP contribution in [0.15, 0.2) is 64.7 Å². The Bertz CT molecular complexity index is 1700. The number of ether oxygens (including phenoxy) is 5. The molecule has 0 saturated carbocycles. The summed E-state index contributed by atoms with van der Waals surface area (Å²) in [7, 11) is 0. The van der Waals surface area contributed by atoms with Crippen LogP contribution in [-0.4, -0.2) is 81.2 Å². The molecule has 5 rings (SSSR count). The molecule has 1 saturated heterocycles. The third-order valence-corrected chi connectivity index (χ3v) is 7.98. The fourth-order valence-corrected chi connectivity index (χ4v) is 6.28. The molecule has 13 nitrogen and oxygen atoms in total. The first-order chi connectivity index (χ1) is 22.0. The Balaban J connectivity index is 1.60. The molecule has 14 heteroatoms. The minimum atomic E-state index is -1.35. The van der Waals surface area contributed by atoms with Gasteiger partial charge in [-0.25, -0.2) is 4.98 Å². The highest BCUT2D eigenvalue weighted by atomic mass is 32.2. The number of imidazole rings is 1. The number of hydrogen-bond acceptors (Lipinski definition) is 13. The van der Waals surface area contributed by atoms with Crippen molar-refractivity contribution >= 4 is 59.2 Å². The van der Waals surface area contributed by atoms with Crippen LogP contribution in [0.1, 0.15) is 39.0 Å². The second-order valence-electron chi connectivity index (χ2n) is 10.3. The number of allylic oxidation sites excluding steroid dienone is 1. The maximum atomic E-state index is 12.3. The highest BCUT2D eigenvalue weighted by Crippen LogP contribution is 2.41. The average Bonchev–Trinajstić information content (AvgIpc) is 3.55. The van der Waals surface area contributed by atoms with E-state index in [1.807, 2.05) is 30.3 Å². The highest BCUT2D eigenvalue weighted by Gasteiger charge is 2.53. The third-order valence-electron chi connectivity index (χ3n) is 6.88. The first kappa shape index (κ1) is 32.4. The van der Waals surface area contributed by atoms with Crippen molar-refractivity contribution in [2.75, 3.05) is 6.61 Å². The molecule has 1 fully saturated rings. The van der Waals surface area contributed by atoms with Crippen LogP contribution in [-0.2, 0) is 42.9 Å². The summed E-state index contributed by atoms with van der Waals surface area (Å²) in [6.07, 6.45) is -1.73. The Morgan fingerprint density at radius 3 is 2.17 bits per heavy atom. The van der Waals surface area contributed by atoms with E-state index < -0.39 is 53.7 Å². The molecule has 0 aliphatic carbocycles. The maximum absolute atomic E-state index is 12.3. The zero-order valence-corrected chi connectivity index (χ0v) is 26.1. The van der Waals surface area contributed by atoms with Gasteiger partial charge >= 0.3 is 23.9 Å². The molecular formula is C32H31N3O10S. The summed E-state index contributed by atoms with van der Waals surface area (Å²) in [5.74, 6) is -3.02. The topological polar surface area (TPSA) is 165 Å². The van der Waals surface area contributed by atoms with Gasteiger partial charge in [-0.15, -0.1) is 0 Å². The number of carbonyl (C=O) groups excluding carboxylic acids is 4. The van der Waals surface area contributed by atoms with Gasteiger partial charge in [0.05, 0.1) is 11.4 Å². The number of aromatic nitrogens is 2. The fraction of sp³-hybridized carbons (Fsp3) is 0.312. The lowest BCUT2D eigenvalue weighted by Gasteiger charge is -2.44. The van der Waals surface area contributed by atoms with E-state index in [-0.39, 0.29) is 23.3 Å². The molecule has 5 atom stereocenters. The number of hydrogen-bond donors (Lipinski definition) is 1. The quantitative estimate of drug-likeness (QED) is 0.262. The van der Waals surface area contributed by atoms with Gasteiger partial charge in [-0.05, 0) is 24.3 Å². The molecule has 3 aromatic rings. The maximum Gasteiger partial charge on any atom is 0.303 e. The largest absolute Gasteiger partial charge is 0.493 e. The van der Waals surface area contributed by atoms with Crippen molar-refractivity contribution in [3.05, 3.63) is 65.9 Å². The van der Waals surface area contributed by atoms with Crippen molar-refractivity contribution in [3.8, 4) is 11.6 Å². The molecule has 2 aliphatic heterocycles. The number of aromatic hydroxyl groups is 1. The predicted octanol–water partition coefficient (Wildman–Crippen LogP) is 4.01. The van der Waals surface area contributed by atoms with Gasteiger partial charge in [0.25, 0.3) is 0 Å². The van der Waals surface area contributed by atoms with Crippen LogP contribution in [0.2, 0.25) is 0 Å². The summed E-state index contributed by atoms with van der Waals surface area (Å²) in [5, 5.41) is 11.7.